The van der Waals surface area contributed by atoms with Gasteiger partial charge in [0.25, 0.3) is 0 Å². The summed E-state index contributed by atoms with van der Waals surface area (Å²) in [6.07, 6.45) is 3.66. The first-order chi connectivity index (χ1) is 18.2. The highest BCUT2D eigenvalue weighted by molar-refractivity contribution is 7.19. The minimum Gasteiger partial charge on any atom is -0.395 e. The average Bonchev–Trinajstić information content (AvgIpc) is 3.29. The van der Waals surface area contributed by atoms with E-state index in [1.165, 1.54) is 11.8 Å². The predicted molar refractivity (Wildman–Crippen MR) is 152 cm³/mol. The van der Waals surface area contributed by atoms with E-state index in [-0.39, 0.29) is 12.5 Å². The lowest BCUT2D eigenvalue weighted by Gasteiger charge is -2.37. The van der Waals surface area contributed by atoms with Crippen LogP contribution in [0.3, 0.4) is 0 Å². The molecule has 10 heteroatoms. The third kappa shape index (κ3) is 5.63. The lowest BCUT2D eigenvalue weighted by molar-refractivity contribution is -0.114. The monoisotopic (exact) mass is 534 g/mol. The van der Waals surface area contributed by atoms with Crippen molar-refractivity contribution in [3.8, 4) is 11.4 Å². The third-order valence-electron chi connectivity index (χ3n) is 7.12. The average molecular weight is 535 g/mol. The summed E-state index contributed by atoms with van der Waals surface area (Å²) < 4.78 is 0.954. The number of rotatable bonds is 8. The third-order valence-corrected chi connectivity index (χ3v) is 8.24. The lowest BCUT2D eigenvalue weighted by Crippen LogP contribution is -2.41. The summed E-state index contributed by atoms with van der Waals surface area (Å²) in [6, 6.07) is 9.87. The molecule has 0 spiro atoms. The number of anilines is 2. The van der Waals surface area contributed by atoms with Crippen LogP contribution in [0.15, 0.2) is 36.5 Å². The number of hydrogen-bond donors (Lipinski definition) is 4. The van der Waals surface area contributed by atoms with Gasteiger partial charge >= 0.3 is 0 Å². The number of fused-ring (bicyclic) bond motifs is 2. The Hall–Kier alpha value is -3.18. The van der Waals surface area contributed by atoms with Crippen molar-refractivity contribution in [2.24, 2.45) is 5.92 Å². The topological polar surface area (TPSA) is 124 Å². The molecule has 4 N–H and O–H groups in total. The molecule has 0 saturated carbocycles. The van der Waals surface area contributed by atoms with Crippen LogP contribution >= 0.6 is 11.3 Å². The number of aromatic nitrogens is 3. The fourth-order valence-corrected chi connectivity index (χ4v) is 6.23. The van der Waals surface area contributed by atoms with E-state index in [0.717, 1.165) is 59.0 Å². The van der Waals surface area contributed by atoms with Gasteiger partial charge in [-0.05, 0) is 57.1 Å². The number of aliphatic hydroxyl groups is 2. The quantitative estimate of drug-likeness (QED) is 0.265. The Morgan fingerprint density at radius 2 is 1.89 bits per heavy atom. The van der Waals surface area contributed by atoms with Crippen molar-refractivity contribution in [3.63, 3.8) is 0 Å². The Kier molecular flexibility index (Phi) is 7.58. The van der Waals surface area contributed by atoms with Crippen LogP contribution in [0.4, 0.5) is 11.6 Å². The summed E-state index contributed by atoms with van der Waals surface area (Å²) in [6.45, 7) is 8.37. The highest BCUT2D eigenvalue weighted by Crippen LogP contribution is 2.36. The fourth-order valence-electron chi connectivity index (χ4n) is 5.13. The van der Waals surface area contributed by atoms with E-state index in [1.54, 1.807) is 17.5 Å². The van der Waals surface area contributed by atoms with E-state index in [9.17, 15) is 15.0 Å². The van der Waals surface area contributed by atoms with Crippen LogP contribution in [0.2, 0.25) is 0 Å². The molecule has 1 aliphatic rings. The number of piperidine rings is 1. The Balaban J connectivity index is 1.49. The summed E-state index contributed by atoms with van der Waals surface area (Å²) >= 11 is 1.67. The molecule has 0 radical (unpaired) electrons. The molecular weight excluding hydrogens is 500 g/mol. The van der Waals surface area contributed by atoms with E-state index in [4.69, 9.17) is 9.97 Å². The molecule has 4 heterocycles. The molecule has 0 atom stereocenters. The Morgan fingerprint density at radius 1 is 1.16 bits per heavy atom. The molecule has 9 nitrogen and oxygen atoms in total. The highest BCUT2D eigenvalue weighted by atomic mass is 32.1. The van der Waals surface area contributed by atoms with Crippen molar-refractivity contribution in [1.82, 2.24) is 19.9 Å². The van der Waals surface area contributed by atoms with Crippen molar-refractivity contribution in [2.45, 2.75) is 45.8 Å². The number of likely N-dealkylation sites (tertiary alicyclic amines) is 1. The van der Waals surface area contributed by atoms with E-state index in [2.05, 4.69) is 26.6 Å². The molecule has 1 saturated heterocycles. The van der Waals surface area contributed by atoms with Gasteiger partial charge < -0.3 is 20.8 Å². The van der Waals surface area contributed by atoms with Crippen molar-refractivity contribution >= 4 is 49.9 Å². The zero-order valence-electron chi connectivity index (χ0n) is 22.0. The van der Waals surface area contributed by atoms with Gasteiger partial charge in [0.05, 0.1) is 22.4 Å². The van der Waals surface area contributed by atoms with Crippen LogP contribution in [0.1, 0.15) is 38.5 Å². The first-order valence-electron chi connectivity index (χ1n) is 13.0. The van der Waals surface area contributed by atoms with Crippen LogP contribution in [-0.4, -0.2) is 67.8 Å². The number of nitrogens with zero attached hydrogens (tertiary/aromatic N) is 4. The van der Waals surface area contributed by atoms with Gasteiger partial charge in [-0.15, -0.1) is 11.3 Å². The van der Waals surface area contributed by atoms with Gasteiger partial charge in [-0.3, -0.25) is 9.69 Å². The molecular formula is C28H34N6O3S. The highest BCUT2D eigenvalue weighted by Gasteiger charge is 2.30. The summed E-state index contributed by atoms with van der Waals surface area (Å²) in [5.74, 6) is 1.86. The number of carbonyl (C=O) groups excluding carboxylic acids is 1. The molecule has 5 rings (SSSR count). The maximum Gasteiger partial charge on any atom is 0.222 e. The molecule has 1 amide bonds. The number of thiophene rings is 1. The van der Waals surface area contributed by atoms with Crippen LogP contribution < -0.4 is 10.6 Å². The first kappa shape index (κ1) is 26.4. The van der Waals surface area contributed by atoms with Gasteiger partial charge in [0.15, 0.2) is 5.82 Å². The Labute approximate surface area is 225 Å². The van der Waals surface area contributed by atoms with Gasteiger partial charge in [-0.1, -0.05) is 24.3 Å². The zero-order chi connectivity index (χ0) is 26.9. The van der Waals surface area contributed by atoms with Gasteiger partial charge in [0.2, 0.25) is 5.91 Å². The smallest absolute Gasteiger partial charge is 0.222 e. The number of pyridine rings is 1. The van der Waals surface area contributed by atoms with E-state index < -0.39 is 5.60 Å². The normalized spacial score (nSPS) is 15.3. The Morgan fingerprint density at radius 3 is 2.58 bits per heavy atom. The Bertz CT molecular complexity index is 1460. The summed E-state index contributed by atoms with van der Waals surface area (Å²) in [4.78, 5) is 29.6. The number of benzene rings is 1. The summed E-state index contributed by atoms with van der Waals surface area (Å²) in [7, 11) is 0. The minimum atomic E-state index is -0.637. The van der Waals surface area contributed by atoms with Crippen LogP contribution in [0, 0.1) is 5.92 Å². The number of carbonyl (C=O) groups is 1. The van der Waals surface area contributed by atoms with Crippen molar-refractivity contribution in [1.29, 1.82) is 0 Å². The number of nitrogens with one attached hydrogen (secondary N) is 2. The van der Waals surface area contributed by atoms with E-state index in [0.29, 0.717) is 29.9 Å². The molecule has 1 aliphatic heterocycles. The van der Waals surface area contributed by atoms with Crippen molar-refractivity contribution in [2.75, 3.05) is 36.9 Å². The van der Waals surface area contributed by atoms with E-state index >= 15 is 0 Å². The van der Waals surface area contributed by atoms with Crippen LogP contribution in [-0.2, 0) is 11.3 Å². The van der Waals surface area contributed by atoms with Gasteiger partial charge in [0.1, 0.15) is 11.6 Å². The second kappa shape index (κ2) is 10.9. The SMILES string of the molecule is CC(=O)Nc1ncc(-c2nc(NCCO)c3sc(CN4CCC(C(C)(C)O)CC4)cc3n2)c2ccccc12. The maximum atomic E-state index is 11.7. The minimum absolute atomic E-state index is 0.00882. The standard InChI is InChI=1S/C28H34N6O3S/c1-17(36)31-25-21-7-5-4-6-20(21)22(15-30-25)26-32-23-14-19(38-24(23)27(33-26)29-10-13-35)16-34-11-8-18(9-12-34)28(2,3)37/h4-7,14-15,18,35,37H,8-13,16H2,1-3H3,(H,29,32,33)(H,30,31,36). The molecule has 0 aliphatic carbocycles. The summed E-state index contributed by atoms with van der Waals surface area (Å²) in [5, 5.41) is 27.6. The molecule has 0 unspecified atom stereocenters. The first-order valence-corrected chi connectivity index (χ1v) is 13.8. The van der Waals surface area contributed by atoms with Gasteiger partial charge in [-0.2, -0.15) is 0 Å². The molecule has 38 heavy (non-hydrogen) atoms. The van der Waals surface area contributed by atoms with Gasteiger partial charge in [-0.25, -0.2) is 15.0 Å². The molecule has 0 bridgehead atoms. The molecule has 1 aromatic carbocycles. The van der Waals surface area contributed by atoms with Crippen molar-refractivity contribution in [3.05, 3.63) is 41.4 Å². The van der Waals surface area contributed by atoms with E-state index in [1.807, 2.05) is 38.1 Å². The predicted octanol–water partition coefficient (Wildman–Crippen LogP) is 4.25. The second-order valence-electron chi connectivity index (χ2n) is 10.4. The lowest BCUT2D eigenvalue weighted by atomic mass is 9.83. The maximum absolute atomic E-state index is 11.7. The number of amides is 1. The van der Waals surface area contributed by atoms with Crippen LogP contribution in [0.5, 0.6) is 0 Å². The zero-order valence-corrected chi connectivity index (χ0v) is 22.8. The molecule has 1 fully saturated rings. The fraction of sp³-hybridized carbons (Fsp3) is 0.429. The second-order valence-corrected chi connectivity index (χ2v) is 11.6. The number of hydrogen-bond acceptors (Lipinski definition) is 9. The number of aliphatic hydroxyl groups excluding tert-OH is 1. The molecule has 200 valence electrons. The molecule has 4 aromatic rings. The largest absolute Gasteiger partial charge is 0.395 e. The van der Waals surface area contributed by atoms with Crippen LogP contribution in [0.25, 0.3) is 32.4 Å². The molecule has 3 aromatic heterocycles. The summed E-state index contributed by atoms with van der Waals surface area (Å²) in [5.41, 5.74) is 0.976. The van der Waals surface area contributed by atoms with Gasteiger partial charge in [0, 0.05) is 42.0 Å². The van der Waals surface area contributed by atoms with Crippen molar-refractivity contribution < 1.29 is 15.0 Å².